The van der Waals surface area contributed by atoms with Crippen molar-refractivity contribution in [1.82, 2.24) is 9.97 Å². The average Bonchev–Trinajstić information content (AvgIpc) is 2.44. The number of aromatic nitrogens is 2. The van der Waals surface area contributed by atoms with E-state index >= 15 is 0 Å². The monoisotopic (exact) mass is 422 g/mol. The van der Waals surface area contributed by atoms with Crippen LogP contribution in [0.25, 0.3) is 0 Å². The van der Waals surface area contributed by atoms with Gasteiger partial charge in [-0.1, -0.05) is 32.4 Å². The van der Waals surface area contributed by atoms with E-state index in [0.717, 1.165) is 53.1 Å². The van der Waals surface area contributed by atoms with Crippen molar-refractivity contribution in [3.8, 4) is 0 Å². The maximum absolute atomic E-state index is 6.36. The Morgan fingerprint density at radius 3 is 2.48 bits per heavy atom. The van der Waals surface area contributed by atoms with Crippen LogP contribution in [-0.2, 0) is 16.8 Å². The van der Waals surface area contributed by atoms with E-state index in [4.69, 9.17) is 21.3 Å². The lowest BCUT2D eigenvalue weighted by molar-refractivity contribution is -0.0599. The molecule has 0 bridgehead atoms. The Morgan fingerprint density at radius 1 is 1.33 bits per heavy atom. The van der Waals surface area contributed by atoms with Gasteiger partial charge in [0.05, 0.1) is 9.26 Å². The molecule has 1 heterocycles. The number of nitrogens with zero attached hydrogens (tertiary/aromatic N) is 2. The van der Waals surface area contributed by atoms with E-state index in [1.165, 1.54) is 0 Å². The molecule has 3 nitrogen and oxygen atoms in total. The van der Waals surface area contributed by atoms with Gasteiger partial charge in [-0.05, 0) is 66.5 Å². The summed E-state index contributed by atoms with van der Waals surface area (Å²) in [5.41, 5.74) is 0.697. The molecule has 5 heteroatoms. The lowest BCUT2D eigenvalue weighted by Crippen LogP contribution is -2.35. The number of hydrogen-bond donors (Lipinski definition) is 0. The molecule has 1 aliphatic rings. The summed E-state index contributed by atoms with van der Waals surface area (Å²) in [7, 11) is 1.77. The zero-order valence-electron chi connectivity index (χ0n) is 13.2. The molecule has 1 aromatic rings. The highest BCUT2D eigenvalue weighted by atomic mass is 127. The lowest BCUT2D eigenvalue weighted by Gasteiger charge is -2.37. The van der Waals surface area contributed by atoms with Gasteiger partial charge in [-0.15, -0.1) is 0 Å². The Balaban J connectivity index is 2.40. The van der Waals surface area contributed by atoms with E-state index in [2.05, 4.69) is 48.3 Å². The standard InChI is InChI=1S/C16H24ClIN2O/c1-10(2)9-12-13(18)14(17)20-15(19-12)16(21-4)7-5-11(3)6-8-16/h10-11H,5-9H2,1-4H3. The number of ether oxygens (including phenoxy) is 1. The van der Waals surface area contributed by atoms with Crippen LogP contribution in [-0.4, -0.2) is 17.1 Å². The van der Waals surface area contributed by atoms with Crippen LogP contribution in [0.4, 0.5) is 0 Å². The molecular formula is C16H24ClIN2O. The van der Waals surface area contributed by atoms with Gasteiger partial charge >= 0.3 is 0 Å². The third kappa shape index (κ3) is 3.88. The van der Waals surface area contributed by atoms with Crippen molar-refractivity contribution >= 4 is 34.2 Å². The summed E-state index contributed by atoms with van der Waals surface area (Å²) in [5.74, 6) is 2.07. The van der Waals surface area contributed by atoms with Crippen LogP contribution in [0.5, 0.6) is 0 Å². The molecule has 0 amide bonds. The summed E-state index contributed by atoms with van der Waals surface area (Å²) in [6.07, 6.45) is 5.18. The molecule has 1 aliphatic carbocycles. The van der Waals surface area contributed by atoms with Gasteiger partial charge in [-0.2, -0.15) is 0 Å². The zero-order chi connectivity index (χ0) is 15.6. The Hall–Kier alpha value is 0.0600. The molecule has 1 saturated carbocycles. The molecule has 0 aliphatic heterocycles. The Labute approximate surface area is 146 Å². The van der Waals surface area contributed by atoms with Gasteiger partial charge in [-0.3, -0.25) is 0 Å². The fraction of sp³-hybridized carbons (Fsp3) is 0.750. The summed E-state index contributed by atoms with van der Waals surface area (Å²) in [4.78, 5) is 9.39. The first-order valence-corrected chi connectivity index (χ1v) is 9.11. The molecule has 0 unspecified atom stereocenters. The second kappa shape index (κ2) is 7.09. The molecule has 0 radical (unpaired) electrons. The van der Waals surface area contributed by atoms with Crippen LogP contribution in [0.15, 0.2) is 0 Å². The van der Waals surface area contributed by atoms with Gasteiger partial charge in [0.2, 0.25) is 0 Å². The minimum atomic E-state index is -0.355. The van der Waals surface area contributed by atoms with Crippen molar-refractivity contribution < 1.29 is 4.74 Å². The quantitative estimate of drug-likeness (QED) is 0.507. The third-order valence-corrected chi connectivity index (χ3v) is 6.09. The maximum Gasteiger partial charge on any atom is 0.162 e. The molecule has 1 aromatic heterocycles. The molecule has 0 atom stereocenters. The third-order valence-electron chi connectivity index (χ3n) is 4.36. The summed E-state index contributed by atoms with van der Waals surface area (Å²) in [6.45, 7) is 6.69. The first kappa shape index (κ1) is 17.4. The predicted octanol–water partition coefficient (Wildman–Crippen LogP) is 4.98. The van der Waals surface area contributed by atoms with Gasteiger partial charge in [-0.25, -0.2) is 9.97 Å². The minimum Gasteiger partial charge on any atom is -0.370 e. The second-order valence-corrected chi connectivity index (χ2v) is 8.01. The SMILES string of the molecule is COC1(c2nc(Cl)c(I)c(CC(C)C)n2)CCC(C)CC1. The summed E-state index contributed by atoms with van der Waals surface area (Å²) < 4.78 is 6.86. The second-order valence-electron chi connectivity index (χ2n) is 6.58. The van der Waals surface area contributed by atoms with Crippen LogP contribution < -0.4 is 0 Å². The number of methoxy groups -OCH3 is 1. The highest BCUT2D eigenvalue weighted by molar-refractivity contribution is 14.1. The molecule has 0 saturated heterocycles. The van der Waals surface area contributed by atoms with E-state index in [0.29, 0.717) is 11.1 Å². The molecule has 118 valence electrons. The molecule has 0 aromatic carbocycles. The minimum absolute atomic E-state index is 0.355. The Morgan fingerprint density at radius 2 is 1.95 bits per heavy atom. The number of halogens is 2. The molecule has 0 N–H and O–H groups in total. The zero-order valence-corrected chi connectivity index (χ0v) is 16.2. The highest BCUT2D eigenvalue weighted by Gasteiger charge is 2.39. The van der Waals surface area contributed by atoms with Crippen molar-refractivity contribution in [2.24, 2.45) is 11.8 Å². The fourth-order valence-corrected chi connectivity index (χ4v) is 3.59. The van der Waals surface area contributed by atoms with E-state index in [-0.39, 0.29) is 5.60 Å². The van der Waals surface area contributed by atoms with E-state index < -0.39 is 0 Å². The predicted molar refractivity (Wildman–Crippen MR) is 94.6 cm³/mol. The molecule has 1 fully saturated rings. The Kier molecular flexibility index (Phi) is 5.88. The van der Waals surface area contributed by atoms with Crippen LogP contribution in [0.2, 0.25) is 5.15 Å². The first-order chi connectivity index (χ1) is 9.88. The van der Waals surface area contributed by atoms with Gasteiger partial charge < -0.3 is 4.74 Å². The molecular weight excluding hydrogens is 399 g/mol. The van der Waals surface area contributed by atoms with Gasteiger partial charge in [0.25, 0.3) is 0 Å². The summed E-state index contributed by atoms with van der Waals surface area (Å²) in [6, 6.07) is 0. The van der Waals surface area contributed by atoms with Gasteiger partial charge in [0.15, 0.2) is 5.82 Å². The van der Waals surface area contributed by atoms with Crippen molar-refractivity contribution in [1.29, 1.82) is 0 Å². The van der Waals surface area contributed by atoms with Gasteiger partial charge in [0, 0.05) is 7.11 Å². The van der Waals surface area contributed by atoms with Crippen molar-refractivity contribution in [2.75, 3.05) is 7.11 Å². The first-order valence-electron chi connectivity index (χ1n) is 7.65. The van der Waals surface area contributed by atoms with Crippen LogP contribution >= 0.6 is 34.2 Å². The normalized spacial score (nSPS) is 26.3. The van der Waals surface area contributed by atoms with Crippen LogP contribution in [0.1, 0.15) is 58.0 Å². The number of hydrogen-bond acceptors (Lipinski definition) is 3. The van der Waals surface area contributed by atoms with E-state index in [1.807, 2.05) is 0 Å². The smallest absolute Gasteiger partial charge is 0.162 e. The molecule has 21 heavy (non-hydrogen) atoms. The van der Waals surface area contributed by atoms with E-state index in [9.17, 15) is 0 Å². The van der Waals surface area contributed by atoms with E-state index in [1.54, 1.807) is 7.11 Å². The largest absolute Gasteiger partial charge is 0.370 e. The van der Waals surface area contributed by atoms with Crippen LogP contribution in [0.3, 0.4) is 0 Å². The summed E-state index contributed by atoms with van der Waals surface area (Å²) >= 11 is 8.60. The van der Waals surface area contributed by atoms with Crippen molar-refractivity contribution in [3.63, 3.8) is 0 Å². The lowest BCUT2D eigenvalue weighted by atomic mass is 9.79. The Bertz CT molecular complexity index is 499. The topological polar surface area (TPSA) is 35.0 Å². The maximum atomic E-state index is 6.36. The highest BCUT2D eigenvalue weighted by Crippen LogP contribution is 2.41. The molecule has 2 rings (SSSR count). The van der Waals surface area contributed by atoms with Crippen LogP contribution in [0, 0.1) is 15.4 Å². The van der Waals surface area contributed by atoms with Gasteiger partial charge in [0.1, 0.15) is 10.8 Å². The molecule has 0 spiro atoms. The number of rotatable bonds is 4. The van der Waals surface area contributed by atoms with Crippen molar-refractivity contribution in [3.05, 3.63) is 20.2 Å². The fourth-order valence-electron chi connectivity index (χ4n) is 2.94. The average molecular weight is 423 g/mol. The van der Waals surface area contributed by atoms with Crippen molar-refractivity contribution in [2.45, 2.75) is 58.5 Å². The summed E-state index contributed by atoms with van der Waals surface area (Å²) in [5, 5.41) is 0.561.